The molecule has 0 aliphatic carbocycles. The highest BCUT2D eigenvalue weighted by atomic mass is 28.3. The van der Waals surface area contributed by atoms with Gasteiger partial charge >= 0.3 is 0 Å². The molecule has 6 aromatic carbocycles. The van der Waals surface area contributed by atoms with Gasteiger partial charge in [0.15, 0.2) is 8.07 Å². The zero-order chi connectivity index (χ0) is 31.9. The van der Waals surface area contributed by atoms with Crippen molar-refractivity contribution >= 4 is 50.8 Å². The van der Waals surface area contributed by atoms with E-state index >= 15 is 0 Å². The Morgan fingerprint density at radius 2 is 1.06 bits per heavy atom. The van der Waals surface area contributed by atoms with Crippen molar-refractivity contribution in [1.82, 2.24) is 14.3 Å². The number of aromatic nitrogens is 3. The minimum Gasteiger partial charge on any atom is -0.456 e. The summed E-state index contributed by atoms with van der Waals surface area (Å²) >= 11 is 0. The van der Waals surface area contributed by atoms with Crippen molar-refractivity contribution in [2.24, 2.45) is 0 Å². The Morgan fingerprint density at radius 1 is 0.458 bits per heavy atom. The quantitative estimate of drug-likeness (QED) is 0.134. The lowest BCUT2D eigenvalue weighted by Gasteiger charge is -2.34. The molecule has 0 bridgehead atoms. The molecule has 9 rings (SSSR count). The molecule has 0 aliphatic rings. The van der Waals surface area contributed by atoms with Gasteiger partial charge in [-0.2, -0.15) is 5.10 Å². The Kier molecular flexibility index (Phi) is 6.77. The van der Waals surface area contributed by atoms with Gasteiger partial charge in [0.2, 0.25) is 0 Å². The van der Waals surface area contributed by atoms with Gasteiger partial charge in [0, 0.05) is 41.2 Å². The van der Waals surface area contributed by atoms with Crippen LogP contribution in [0, 0.1) is 0 Å². The largest absolute Gasteiger partial charge is 0.456 e. The molecule has 0 aliphatic heterocycles. The van der Waals surface area contributed by atoms with Crippen molar-refractivity contribution in [3.05, 3.63) is 189 Å². The van der Waals surface area contributed by atoms with Crippen LogP contribution in [0.25, 0.3) is 44.4 Å². The van der Waals surface area contributed by atoms with Crippen LogP contribution in [0.2, 0.25) is 0 Å². The summed E-state index contributed by atoms with van der Waals surface area (Å²) in [6.45, 7) is 0. The third kappa shape index (κ3) is 4.63. The lowest BCUT2D eigenvalue weighted by Crippen LogP contribution is -2.74. The van der Waals surface area contributed by atoms with Crippen molar-refractivity contribution in [3.63, 3.8) is 0 Å². The summed E-state index contributed by atoms with van der Waals surface area (Å²) in [4.78, 5) is 0. The topological polar surface area (TPSA) is 35.9 Å². The van der Waals surface area contributed by atoms with Crippen LogP contribution in [0.3, 0.4) is 0 Å². The monoisotopic (exact) mass is 633 g/mol. The van der Waals surface area contributed by atoms with Gasteiger partial charge in [-0.15, -0.1) is 0 Å². The summed E-state index contributed by atoms with van der Waals surface area (Å²) in [5.74, 6) is 0. The molecule has 0 radical (unpaired) electrons. The fourth-order valence-electron chi connectivity index (χ4n) is 7.20. The second kappa shape index (κ2) is 11.6. The third-order valence-electron chi connectivity index (χ3n) is 9.45. The van der Waals surface area contributed by atoms with Crippen molar-refractivity contribution in [2.75, 3.05) is 0 Å². The van der Waals surface area contributed by atoms with Crippen LogP contribution >= 0.6 is 0 Å². The molecule has 0 unspecified atom stereocenters. The summed E-state index contributed by atoms with van der Waals surface area (Å²) in [6.07, 6.45) is 7.91. The molecule has 3 aromatic heterocycles. The highest BCUT2D eigenvalue weighted by Crippen LogP contribution is 2.34. The number of hydrogen-bond donors (Lipinski definition) is 0. The molecule has 0 fully saturated rings. The van der Waals surface area contributed by atoms with E-state index in [0.717, 1.165) is 38.9 Å². The first-order chi connectivity index (χ1) is 23.8. The first-order valence-electron chi connectivity index (χ1n) is 16.2. The molecule has 0 saturated carbocycles. The maximum absolute atomic E-state index is 6.33. The van der Waals surface area contributed by atoms with E-state index in [2.05, 4.69) is 180 Å². The van der Waals surface area contributed by atoms with Crippen LogP contribution in [0.5, 0.6) is 0 Å². The van der Waals surface area contributed by atoms with Crippen LogP contribution < -0.4 is 20.7 Å². The number of furan rings is 1. The fraction of sp³-hybridized carbons (Fsp3) is 0. The zero-order valence-corrected chi connectivity index (χ0v) is 27.1. The molecule has 48 heavy (non-hydrogen) atoms. The minimum atomic E-state index is -2.64. The van der Waals surface area contributed by atoms with E-state index in [1.165, 1.54) is 26.3 Å². The fourth-order valence-corrected chi connectivity index (χ4v) is 12.0. The molecule has 3 heterocycles. The first kappa shape index (κ1) is 28.1. The van der Waals surface area contributed by atoms with E-state index in [-0.39, 0.29) is 0 Å². The zero-order valence-electron chi connectivity index (χ0n) is 26.1. The van der Waals surface area contributed by atoms with Crippen LogP contribution in [0.15, 0.2) is 193 Å². The first-order valence-corrected chi connectivity index (χ1v) is 18.2. The molecule has 228 valence electrons. The van der Waals surface area contributed by atoms with E-state index in [0.29, 0.717) is 0 Å². The second-order valence-electron chi connectivity index (χ2n) is 12.1. The SMILES string of the molecule is c1ccc([Si](c2ccccc2)(c2ccccc2)c2cccc(-c3ccc4oc5ccc(-n6ccc(-n7cccn7)c6)cc5c4c3)c2)cc1. The predicted octanol–water partition coefficient (Wildman–Crippen LogP) is 7.61. The molecule has 0 amide bonds. The molecule has 5 heteroatoms. The molecule has 0 N–H and O–H groups in total. The maximum Gasteiger partial charge on any atom is 0.179 e. The van der Waals surface area contributed by atoms with E-state index < -0.39 is 8.07 Å². The number of hydrogen-bond acceptors (Lipinski definition) is 2. The number of rotatable bonds is 7. The normalized spacial score (nSPS) is 11.8. The summed E-state index contributed by atoms with van der Waals surface area (Å²) in [7, 11) is -2.64. The van der Waals surface area contributed by atoms with E-state index in [1.807, 2.05) is 16.9 Å². The Labute approximate surface area is 279 Å². The Morgan fingerprint density at radius 3 is 1.71 bits per heavy atom. The van der Waals surface area contributed by atoms with Gasteiger partial charge < -0.3 is 8.98 Å². The van der Waals surface area contributed by atoms with Crippen LogP contribution in [-0.2, 0) is 0 Å². The summed E-state index contributed by atoms with van der Waals surface area (Å²) in [5, 5.41) is 12.0. The molecule has 0 saturated heterocycles. The van der Waals surface area contributed by atoms with Crippen molar-refractivity contribution in [2.45, 2.75) is 0 Å². The lowest BCUT2D eigenvalue weighted by atomic mass is 10.0. The highest BCUT2D eigenvalue weighted by Gasteiger charge is 2.41. The molecule has 0 atom stereocenters. The van der Waals surface area contributed by atoms with Gasteiger partial charge in [-0.05, 0) is 74.3 Å². The number of nitrogens with zero attached hydrogens (tertiary/aromatic N) is 3. The summed E-state index contributed by atoms with van der Waals surface area (Å²) in [6, 6.07) is 59.4. The van der Waals surface area contributed by atoms with Gasteiger partial charge in [0.25, 0.3) is 0 Å². The van der Waals surface area contributed by atoms with Gasteiger partial charge in [-0.3, -0.25) is 0 Å². The van der Waals surface area contributed by atoms with Crippen LogP contribution in [0.1, 0.15) is 0 Å². The highest BCUT2D eigenvalue weighted by molar-refractivity contribution is 7.19. The summed E-state index contributed by atoms with van der Waals surface area (Å²) < 4.78 is 10.3. The third-order valence-corrected chi connectivity index (χ3v) is 14.2. The summed E-state index contributed by atoms with van der Waals surface area (Å²) in [5.41, 5.74) is 6.20. The predicted molar refractivity (Wildman–Crippen MR) is 199 cm³/mol. The van der Waals surface area contributed by atoms with Crippen LogP contribution in [0.4, 0.5) is 0 Å². The molecular weight excluding hydrogens is 603 g/mol. The Hall–Kier alpha value is -6.17. The van der Waals surface area contributed by atoms with Crippen LogP contribution in [-0.4, -0.2) is 22.4 Å². The average Bonchev–Trinajstić information content (AvgIpc) is 3.94. The lowest BCUT2D eigenvalue weighted by molar-refractivity contribution is 0.669. The second-order valence-corrected chi connectivity index (χ2v) is 16.0. The number of fused-ring (bicyclic) bond motifs is 3. The van der Waals surface area contributed by atoms with Gasteiger partial charge in [-0.25, -0.2) is 4.68 Å². The standard InChI is InChI=1S/C43H31N3OSi/c1-4-13-36(14-5-1)48(37-15-6-2-7-16-37,38-17-8-3-9-18-38)39-19-10-12-32(28-39)33-20-22-42-40(29-33)41-30-34(21-23-43(41)47-42)45-27-24-35(31-45)46-26-11-25-44-46/h1-31H. The van der Waals surface area contributed by atoms with Gasteiger partial charge in [0.1, 0.15) is 11.2 Å². The van der Waals surface area contributed by atoms with Crippen molar-refractivity contribution in [3.8, 4) is 22.5 Å². The Balaban J connectivity index is 1.19. The van der Waals surface area contributed by atoms with Gasteiger partial charge in [-0.1, -0.05) is 121 Å². The average molecular weight is 634 g/mol. The maximum atomic E-state index is 6.33. The molecule has 4 nitrogen and oxygen atoms in total. The number of benzene rings is 6. The minimum absolute atomic E-state index is 0.878. The van der Waals surface area contributed by atoms with E-state index in [9.17, 15) is 0 Å². The van der Waals surface area contributed by atoms with Crippen molar-refractivity contribution < 1.29 is 4.42 Å². The molecule has 9 aromatic rings. The Bertz CT molecular complexity index is 2400. The van der Waals surface area contributed by atoms with Crippen molar-refractivity contribution in [1.29, 1.82) is 0 Å². The molecular formula is C43H31N3OSi. The van der Waals surface area contributed by atoms with E-state index in [4.69, 9.17) is 4.42 Å². The van der Waals surface area contributed by atoms with Gasteiger partial charge in [0.05, 0.1) is 5.69 Å². The molecule has 0 spiro atoms. The smallest absolute Gasteiger partial charge is 0.179 e. The van der Waals surface area contributed by atoms with E-state index in [1.54, 1.807) is 6.20 Å².